The minimum Gasteiger partial charge on any atom is -0.464 e. The maximum atomic E-state index is 11.4. The molecule has 0 bridgehead atoms. The second kappa shape index (κ2) is 4.98. The Morgan fingerprint density at radius 2 is 2.43 bits per heavy atom. The molecule has 80 valence electrons. The van der Waals surface area contributed by atoms with Crippen molar-refractivity contribution in [1.29, 1.82) is 0 Å². The number of hydrogen-bond acceptors (Lipinski definition) is 3. The smallest absolute Gasteiger partial charge is 0.328 e. The van der Waals surface area contributed by atoms with Crippen LogP contribution in [-0.4, -0.2) is 24.5 Å². The molecule has 1 saturated heterocycles. The molecule has 14 heavy (non-hydrogen) atoms. The monoisotopic (exact) mass is 199 g/mol. The molecule has 1 amide bonds. The molecule has 1 unspecified atom stereocenters. The molecule has 2 atom stereocenters. The van der Waals surface area contributed by atoms with Crippen LogP contribution >= 0.6 is 0 Å². The third-order valence-corrected chi connectivity index (χ3v) is 2.50. The van der Waals surface area contributed by atoms with Gasteiger partial charge in [-0.15, -0.1) is 0 Å². The summed E-state index contributed by atoms with van der Waals surface area (Å²) in [7, 11) is 0. The maximum Gasteiger partial charge on any atom is 0.328 e. The van der Waals surface area contributed by atoms with Crippen LogP contribution in [0.5, 0.6) is 0 Å². The number of nitrogens with one attached hydrogen (secondary N) is 1. The zero-order valence-corrected chi connectivity index (χ0v) is 8.71. The van der Waals surface area contributed by atoms with Crippen LogP contribution in [0.25, 0.3) is 0 Å². The van der Waals surface area contributed by atoms with Crippen LogP contribution in [0.15, 0.2) is 0 Å². The van der Waals surface area contributed by atoms with Gasteiger partial charge in [-0.05, 0) is 5.92 Å². The van der Waals surface area contributed by atoms with Gasteiger partial charge in [-0.1, -0.05) is 20.3 Å². The maximum absolute atomic E-state index is 11.4. The summed E-state index contributed by atoms with van der Waals surface area (Å²) in [5.74, 6) is 0.0122. The topological polar surface area (TPSA) is 55.4 Å². The number of amides is 1. The van der Waals surface area contributed by atoms with Gasteiger partial charge in [0.2, 0.25) is 5.91 Å². The van der Waals surface area contributed by atoms with E-state index in [2.05, 4.69) is 5.32 Å². The molecule has 1 fully saturated rings. The summed E-state index contributed by atoms with van der Waals surface area (Å²) in [6.45, 7) is 4.49. The van der Waals surface area contributed by atoms with Crippen LogP contribution in [0, 0.1) is 5.92 Å². The van der Waals surface area contributed by atoms with Gasteiger partial charge in [-0.25, -0.2) is 4.79 Å². The highest BCUT2D eigenvalue weighted by atomic mass is 16.5. The predicted molar refractivity (Wildman–Crippen MR) is 51.6 cm³/mol. The van der Waals surface area contributed by atoms with E-state index >= 15 is 0 Å². The summed E-state index contributed by atoms with van der Waals surface area (Å²) in [5.41, 5.74) is 0. The summed E-state index contributed by atoms with van der Waals surface area (Å²) in [6, 6.07) is -0.411. The number of hydrogen-bond donors (Lipinski definition) is 1. The van der Waals surface area contributed by atoms with E-state index in [9.17, 15) is 9.59 Å². The molecule has 0 aromatic heterocycles. The summed E-state index contributed by atoms with van der Waals surface area (Å²) < 4.78 is 4.74. The number of carbonyl (C=O) groups excluding carboxylic acids is 2. The lowest BCUT2D eigenvalue weighted by atomic mass is 10.0. The molecule has 0 saturated carbocycles. The lowest BCUT2D eigenvalue weighted by Crippen LogP contribution is -2.38. The van der Waals surface area contributed by atoms with E-state index in [1.807, 2.05) is 13.8 Å². The van der Waals surface area contributed by atoms with Crippen molar-refractivity contribution >= 4 is 11.9 Å². The van der Waals surface area contributed by atoms with Crippen molar-refractivity contribution in [2.24, 2.45) is 5.92 Å². The average Bonchev–Trinajstić information content (AvgIpc) is 2.51. The molecule has 0 spiro atoms. The Labute approximate surface area is 84.0 Å². The first kappa shape index (κ1) is 11.0. The van der Waals surface area contributed by atoms with E-state index in [0.29, 0.717) is 25.4 Å². The first-order valence-electron chi connectivity index (χ1n) is 5.09. The molecule has 1 rings (SSSR count). The van der Waals surface area contributed by atoms with E-state index < -0.39 is 6.04 Å². The lowest BCUT2D eigenvalue weighted by molar-refractivity contribution is -0.141. The molecule has 1 aliphatic heterocycles. The van der Waals surface area contributed by atoms with E-state index in [0.717, 1.165) is 6.42 Å². The molecule has 0 aliphatic carbocycles. The van der Waals surface area contributed by atoms with Crippen molar-refractivity contribution in [1.82, 2.24) is 5.32 Å². The van der Waals surface area contributed by atoms with Crippen LogP contribution in [0.1, 0.15) is 33.1 Å². The average molecular weight is 199 g/mol. The summed E-state index contributed by atoms with van der Waals surface area (Å²) in [6.07, 6.45) is 2.06. The fourth-order valence-corrected chi connectivity index (χ4v) is 1.34. The standard InChI is InChI=1S/C10H17NO3/c1-3-7(2)6-9(12)11-8-4-5-14-10(8)13/h7-8H,3-6H2,1-2H3,(H,11,12)/t7?,8-/m0/s1. The van der Waals surface area contributed by atoms with Crippen LogP contribution in [-0.2, 0) is 14.3 Å². The Bertz CT molecular complexity index is 227. The van der Waals surface area contributed by atoms with Gasteiger partial charge in [0, 0.05) is 12.8 Å². The molecule has 4 heteroatoms. The van der Waals surface area contributed by atoms with Gasteiger partial charge in [0.05, 0.1) is 6.61 Å². The Hall–Kier alpha value is -1.06. The molecule has 0 aromatic carbocycles. The van der Waals surface area contributed by atoms with Crippen LogP contribution in [0.3, 0.4) is 0 Å². The minimum atomic E-state index is -0.411. The minimum absolute atomic E-state index is 0.0526. The Balaban J connectivity index is 2.29. The lowest BCUT2D eigenvalue weighted by Gasteiger charge is -2.11. The largest absolute Gasteiger partial charge is 0.464 e. The molecule has 0 radical (unpaired) electrons. The van der Waals surface area contributed by atoms with E-state index in [-0.39, 0.29) is 11.9 Å². The Morgan fingerprint density at radius 3 is 2.93 bits per heavy atom. The van der Waals surface area contributed by atoms with Crippen molar-refractivity contribution < 1.29 is 14.3 Å². The second-order valence-electron chi connectivity index (χ2n) is 3.79. The van der Waals surface area contributed by atoms with Gasteiger partial charge < -0.3 is 10.1 Å². The van der Waals surface area contributed by atoms with Crippen molar-refractivity contribution in [2.75, 3.05) is 6.61 Å². The van der Waals surface area contributed by atoms with Crippen molar-refractivity contribution in [3.05, 3.63) is 0 Å². The number of rotatable bonds is 4. The Morgan fingerprint density at radius 1 is 1.71 bits per heavy atom. The second-order valence-corrected chi connectivity index (χ2v) is 3.79. The van der Waals surface area contributed by atoms with Crippen LogP contribution < -0.4 is 5.32 Å². The molecular weight excluding hydrogens is 182 g/mol. The van der Waals surface area contributed by atoms with Crippen LogP contribution in [0.2, 0.25) is 0 Å². The fourth-order valence-electron chi connectivity index (χ4n) is 1.34. The van der Waals surface area contributed by atoms with Crippen molar-refractivity contribution in [3.63, 3.8) is 0 Å². The van der Waals surface area contributed by atoms with Crippen LogP contribution in [0.4, 0.5) is 0 Å². The SMILES string of the molecule is CCC(C)CC(=O)N[C@H]1CCOC1=O. The summed E-state index contributed by atoms with van der Waals surface area (Å²) >= 11 is 0. The number of cyclic esters (lactones) is 1. The van der Waals surface area contributed by atoms with E-state index in [4.69, 9.17) is 4.74 Å². The van der Waals surface area contributed by atoms with E-state index in [1.54, 1.807) is 0 Å². The normalized spacial score (nSPS) is 23.0. The molecule has 0 aromatic rings. The zero-order valence-electron chi connectivity index (χ0n) is 8.71. The number of carbonyl (C=O) groups is 2. The quantitative estimate of drug-likeness (QED) is 0.683. The Kier molecular flexibility index (Phi) is 3.92. The van der Waals surface area contributed by atoms with Gasteiger partial charge >= 0.3 is 5.97 Å². The van der Waals surface area contributed by atoms with E-state index in [1.165, 1.54) is 0 Å². The molecular formula is C10H17NO3. The fraction of sp³-hybridized carbons (Fsp3) is 0.800. The summed E-state index contributed by atoms with van der Waals surface area (Å²) in [5, 5.41) is 2.68. The first-order chi connectivity index (χ1) is 6.63. The number of ether oxygens (including phenoxy) is 1. The molecule has 4 nitrogen and oxygen atoms in total. The third-order valence-electron chi connectivity index (χ3n) is 2.50. The highest BCUT2D eigenvalue weighted by Gasteiger charge is 2.27. The van der Waals surface area contributed by atoms with Crippen molar-refractivity contribution in [2.45, 2.75) is 39.2 Å². The molecule has 1 N–H and O–H groups in total. The predicted octanol–water partition coefficient (Wildman–Crippen LogP) is 0.854. The number of esters is 1. The highest BCUT2D eigenvalue weighted by molar-refractivity contribution is 5.85. The third kappa shape index (κ3) is 3.01. The first-order valence-corrected chi connectivity index (χ1v) is 5.09. The molecule has 1 aliphatic rings. The molecule has 1 heterocycles. The van der Waals surface area contributed by atoms with Gasteiger partial charge in [-0.2, -0.15) is 0 Å². The highest BCUT2D eigenvalue weighted by Crippen LogP contribution is 2.09. The van der Waals surface area contributed by atoms with Gasteiger partial charge in [0.25, 0.3) is 0 Å². The van der Waals surface area contributed by atoms with Gasteiger partial charge in [-0.3, -0.25) is 4.79 Å². The zero-order chi connectivity index (χ0) is 10.6. The van der Waals surface area contributed by atoms with Crippen molar-refractivity contribution in [3.8, 4) is 0 Å². The summed E-state index contributed by atoms with van der Waals surface area (Å²) in [4.78, 5) is 22.4. The van der Waals surface area contributed by atoms with Gasteiger partial charge in [0.1, 0.15) is 6.04 Å². The van der Waals surface area contributed by atoms with Gasteiger partial charge in [0.15, 0.2) is 0 Å².